The highest BCUT2D eigenvalue weighted by molar-refractivity contribution is 5.75. The Labute approximate surface area is 90.6 Å². The zero-order chi connectivity index (χ0) is 8.93. The fraction of sp³-hybridized carbons (Fsp3) is 1.00. The van der Waals surface area contributed by atoms with Crippen LogP contribution in [0.1, 0.15) is 64.2 Å². The van der Waals surface area contributed by atoms with Gasteiger partial charge in [0, 0.05) is 12.1 Å². The SMILES string of the molecule is B.C1CCC(NC2CCCCC2)CC1. The van der Waals surface area contributed by atoms with Gasteiger partial charge in [-0.15, -0.1) is 0 Å². The summed E-state index contributed by atoms with van der Waals surface area (Å²) < 4.78 is 0. The quantitative estimate of drug-likeness (QED) is 0.665. The Morgan fingerprint density at radius 1 is 0.571 bits per heavy atom. The van der Waals surface area contributed by atoms with Crippen molar-refractivity contribution >= 4 is 8.41 Å². The summed E-state index contributed by atoms with van der Waals surface area (Å²) in [6.07, 6.45) is 14.6. The Morgan fingerprint density at radius 3 is 1.29 bits per heavy atom. The molecule has 2 saturated carbocycles. The molecule has 82 valence electrons. The minimum atomic E-state index is 0. The highest BCUT2D eigenvalue weighted by Gasteiger charge is 2.19. The van der Waals surface area contributed by atoms with Crippen molar-refractivity contribution in [3.63, 3.8) is 0 Å². The first kappa shape index (κ1) is 12.1. The van der Waals surface area contributed by atoms with Crippen LogP contribution < -0.4 is 5.32 Å². The predicted molar refractivity (Wildman–Crippen MR) is 66.8 cm³/mol. The molecule has 0 aromatic heterocycles. The largest absolute Gasteiger partial charge is 0.311 e. The zero-order valence-electron chi connectivity index (χ0n) is 8.73. The lowest BCUT2D eigenvalue weighted by atomic mass is 9.91. The Bertz CT molecular complexity index is 121. The molecule has 14 heavy (non-hydrogen) atoms. The van der Waals surface area contributed by atoms with Crippen LogP contribution in [-0.4, -0.2) is 20.5 Å². The maximum Gasteiger partial charge on any atom is 0.0814 e. The van der Waals surface area contributed by atoms with E-state index in [0.29, 0.717) is 0 Å². The summed E-state index contributed by atoms with van der Waals surface area (Å²) >= 11 is 0. The van der Waals surface area contributed by atoms with Gasteiger partial charge in [-0.2, -0.15) is 0 Å². The third-order valence-corrected chi connectivity index (χ3v) is 3.68. The molecule has 0 amide bonds. The third kappa shape index (κ3) is 3.64. The highest BCUT2D eigenvalue weighted by Crippen LogP contribution is 2.22. The first-order valence-corrected chi connectivity index (χ1v) is 6.21. The van der Waals surface area contributed by atoms with Crippen LogP contribution in [0.3, 0.4) is 0 Å². The number of hydrogen-bond donors (Lipinski definition) is 1. The van der Waals surface area contributed by atoms with E-state index < -0.39 is 0 Å². The van der Waals surface area contributed by atoms with Crippen LogP contribution in [0.5, 0.6) is 0 Å². The average Bonchev–Trinajstić information content (AvgIpc) is 2.21. The van der Waals surface area contributed by atoms with Crippen molar-refractivity contribution in [2.24, 2.45) is 0 Å². The molecule has 1 N–H and O–H groups in total. The third-order valence-electron chi connectivity index (χ3n) is 3.68. The van der Waals surface area contributed by atoms with Crippen molar-refractivity contribution in [1.29, 1.82) is 0 Å². The van der Waals surface area contributed by atoms with Gasteiger partial charge in [-0.25, -0.2) is 0 Å². The van der Waals surface area contributed by atoms with Gasteiger partial charge in [0.2, 0.25) is 0 Å². The molecule has 0 atom stereocenters. The molecule has 2 aliphatic rings. The molecule has 0 aromatic rings. The summed E-state index contributed by atoms with van der Waals surface area (Å²) in [5.74, 6) is 0. The lowest BCUT2D eigenvalue weighted by Crippen LogP contribution is -2.40. The first-order chi connectivity index (χ1) is 6.45. The Balaban J connectivity index is 0.000000980. The van der Waals surface area contributed by atoms with E-state index in [1.165, 1.54) is 64.2 Å². The van der Waals surface area contributed by atoms with Gasteiger partial charge in [0.1, 0.15) is 0 Å². The van der Waals surface area contributed by atoms with Gasteiger partial charge in [-0.05, 0) is 25.7 Å². The Morgan fingerprint density at radius 2 is 0.929 bits per heavy atom. The van der Waals surface area contributed by atoms with Crippen molar-refractivity contribution in [2.75, 3.05) is 0 Å². The summed E-state index contributed by atoms with van der Waals surface area (Å²) in [4.78, 5) is 0. The van der Waals surface area contributed by atoms with Crippen LogP contribution in [0, 0.1) is 0 Å². The maximum absolute atomic E-state index is 3.86. The molecule has 0 spiro atoms. The summed E-state index contributed by atoms with van der Waals surface area (Å²) in [6.45, 7) is 0. The number of hydrogen-bond acceptors (Lipinski definition) is 1. The van der Waals surface area contributed by atoms with E-state index in [0.717, 1.165) is 12.1 Å². The average molecular weight is 195 g/mol. The molecule has 2 heteroatoms. The smallest absolute Gasteiger partial charge is 0.0814 e. The molecule has 0 saturated heterocycles. The Kier molecular flexibility index (Phi) is 5.61. The normalized spacial score (nSPS) is 25.7. The van der Waals surface area contributed by atoms with Crippen LogP contribution in [-0.2, 0) is 0 Å². The molecule has 2 rings (SSSR count). The number of rotatable bonds is 2. The van der Waals surface area contributed by atoms with E-state index in [-0.39, 0.29) is 8.41 Å². The van der Waals surface area contributed by atoms with E-state index >= 15 is 0 Å². The second kappa shape index (κ2) is 6.50. The molecular formula is C12H26BN. The lowest BCUT2D eigenvalue weighted by molar-refractivity contribution is 0.291. The van der Waals surface area contributed by atoms with Gasteiger partial charge in [0.05, 0.1) is 8.41 Å². The van der Waals surface area contributed by atoms with Crippen LogP contribution >= 0.6 is 0 Å². The lowest BCUT2D eigenvalue weighted by Gasteiger charge is -2.30. The molecule has 0 aromatic carbocycles. The molecule has 0 radical (unpaired) electrons. The van der Waals surface area contributed by atoms with Crippen molar-refractivity contribution in [3.8, 4) is 0 Å². The van der Waals surface area contributed by atoms with Crippen molar-refractivity contribution in [1.82, 2.24) is 5.32 Å². The first-order valence-electron chi connectivity index (χ1n) is 6.21. The predicted octanol–water partition coefficient (Wildman–Crippen LogP) is 2.06. The molecular weight excluding hydrogens is 169 g/mol. The van der Waals surface area contributed by atoms with E-state index in [1.807, 2.05) is 0 Å². The minimum Gasteiger partial charge on any atom is -0.311 e. The molecule has 0 unspecified atom stereocenters. The van der Waals surface area contributed by atoms with E-state index in [1.54, 1.807) is 0 Å². The fourth-order valence-corrected chi connectivity index (χ4v) is 2.87. The summed E-state index contributed by atoms with van der Waals surface area (Å²) in [7, 11) is 0. The maximum atomic E-state index is 3.86. The second-order valence-electron chi connectivity index (χ2n) is 4.84. The van der Waals surface area contributed by atoms with Crippen molar-refractivity contribution < 1.29 is 0 Å². The van der Waals surface area contributed by atoms with Crippen molar-refractivity contribution in [2.45, 2.75) is 76.3 Å². The summed E-state index contributed by atoms with van der Waals surface area (Å²) in [6, 6.07) is 1.74. The molecule has 0 heterocycles. The molecule has 2 fully saturated rings. The fourth-order valence-electron chi connectivity index (χ4n) is 2.87. The summed E-state index contributed by atoms with van der Waals surface area (Å²) in [5.41, 5.74) is 0. The summed E-state index contributed by atoms with van der Waals surface area (Å²) in [5, 5.41) is 3.86. The monoisotopic (exact) mass is 195 g/mol. The molecule has 1 nitrogen and oxygen atoms in total. The molecule has 0 aliphatic heterocycles. The van der Waals surface area contributed by atoms with Crippen LogP contribution in [0.2, 0.25) is 0 Å². The van der Waals surface area contributed by atoms with Gasteiger partial charge in [-0.1, -0.05) is 38.5 Å². The topological polar surface area (TPSA) is 12.0 Å². The zero-order valence-corrected chi connectivity index (χ0v) is 8.73. The van der Waals surface area contributed by atoms with E-state index in [4.69, 9.17) is 0 Å². The van der Waals surface area contributed by atoms with Gasteiger partial charge < -0.3 is 5.32 Å². The van der Waals surface area contributed by atoms with Gasteiger partial charge in [0.25, 0.3) is 0 Å². The van der Waals surface area contributed by atoms with Crippen molar-refractivity contribution in [3.05, 3.63) is 0 Å². The van der Waals surface area contributed by atoms with E-state index in [9.17, 15) is 0 Å². The van der Waals surface area contributed by atoms with Gasteiger partial charge in [-0.3, -0.25) is 0 Å². The number of nitrogens with one attached hydrogen (secondary N) is 1. The molecule has 0 bridgehead atoms. The highest BCUT2D eigenvalue weighted by atomic mass is 14.9. The van der Waals surface area contributed by atoms with E-state index in [2.05, 4.69) is 5.32 Å². The van der Waals surface area contributed by atoms with Gasteiger partial charge in [0.15, 0.2) is 0 Å². The standard InChI is InChI=1S/C12H23N.BH3/c1-3-7-11(8-4-1)13-12-9-5-2-6-10-12;/h11-13H,1-10H2;1H3. The van der Waals surface area contributed by atoms with Crippen LogP contribution in [0.15, 0.2) is 0 Å². The van der Waals surface area contributed by atoms with Gasteiger partial charge >= 0.3 is 0 Å². The van der Waals surface area contributed by atoms with Crippen LogP contribution in [0.25, 0.3) is 0 Å². The Hall–Kier alpha value is 0.0249. The second-order valence-corrected chi connectivity index (χ2v) is 4.84. The molecule has 2 aliphatic carbocycles. The minimum absolute atomic E-state index is 0. The van der Waals surface area contributed by atoms with Crippen LogP contribution in [0.4, 0.5) is 0 Å².